The maximum atomic E-state index is 12.8. The molecule has 4 rings (SSSR count). The standard InChI is InChI=1S/C22H21Cl2N3O4/c1-13-15(12-25-22(29)27-8-10-30-11-9-27)14-4-2-7-18(20(14)31-13)26-21(28)19-16(23)5-3-6-17(19)24/h2-7H,8-12H2,1H3,(H,25,29)(H,26,28). The van der Waals surface area contributed by atoms with Crippen molar-refractivity contribution >= 4 is 51.8 Å². The van der Waals surface area contributed by atoms with Gasteiger partial charge in [0, 0.05) is 30.6 Å². The number of para-hydroxylation sites is 1. The van der Waals surface area contributed by atoms with Crippen molar-refractivity contribution in [2.24, 2.45) is 0 Å². The Morgan fingerprint density at radius 1 is 1.06 bits per heavy atom. The van der Waals surface area contributed by atoms with Gasteiger partial charge in [0.05, 0.1) is 34.5 Å². The Balaban J connectivity index is 1.55. The molecule has 0 aliphatic carbocycles. The molecular weight excluding hydrogens is 441 g/mol. The number of aryl methyl sites for hydroxylation is 1. The average Bonchev–Trinajstić information content (AvgIpc) is 3.08. The molecule has 0 spiro atoms. The highest BCUT2D eigenvalue weighted by atomic mass is 35.5. The fourth-order valence-corrected chi connectivity index (χ4v) is 4.12. The Labute approximate surface area is 189 Å². The number of furan rings is 1. The summed E-state index contributed by atoms with van der Waals surface area (Å²) in [6.07, 6.45) is 0. The molecule has 0 bridgehead atoms. The van der Waals surface area contributed by atoms with Crippen LogP contribution in [0.5, 0.6) is 0 Å². The molecule has 1 fully saturated rings. The van der Waals surface area contributed by atoms with Crippen LogP contribution < -0.4 is 10.6 Å². The second kappa shape index (κ2) is 9.18. The lowest BCUT2D eigenvalue weighted by Crippen LogP contribution is -2.45. The highest BCUT2D eigenvalue weighted by molar-refractivity contribution is 6.40. The van der Waals surface area contributed by atoms with Gasteiger partial charge in [-0.2, -0.15) is 0 Å². The van der Waals surface area contributed by atoms with E-state index >= 15 is 0 Å². The summed E-state index contributed by atoms with van der Waals surface area (Å²) < 4.78 is 11.2. The molecule has 9 heteroatoms. The van der Waals surface area contributed by atoms with Crippen molar-refractivity contribution in [2.75, 3.05) is 31.6 Å². The third-order valence-electron chi connectivity index (χ3n) is 5.17. The van der Waals surface area contributed by atoms with Crippen LogP contribution in [0.4, 0.5) is 10.5 Å². The Kier molecular flexibility index (Phi) is 6.36. The van der Waals surface area contributed by atoms with Gasteiger partial charge in [0.15, 0.2) is 5.58 Å². The minimum Gasteiger partial charge on any atom is -0.459 e. The number of carbonyl (C=O) groups is 2. The Morgan fingerprint density at radius 2 is 1.74 bits per heavy atom. The lowest BCUT2D eigenvalue weighted by Gasteiger charge is -2.26. The lowest BCUT2D eigenvalue weighted by atomic mass is 10.1. The van der Waals surface area contributed by atoms with Gasteiger partial charge in [0.25, 0.3) is 5.91 Å². The minimum absolute atomic E-state index is 0.144. The molecule has 1 aliphatic heterocycles. The number of morpholine rings is 1. The Hall–Kier alpha value is -2.74. The zero-order valence-corrected chi connectivity index (χ0v) is 18.3. The normalized spacial score (nSPS) is 14.0. The van der Waals surface area contributed by atoms with E-state index in [1.54, 1.807) is 29.2 Å². The van der Waals surface area contributed by atoms with E-state index in [0.29, 0.717) is 49.9 Å². The topological polar surface area (TPSA) is 83.8 Å². The van der Waals surface area contributed by atoms with Crippen molar-refractivity contribution in [3.63, 3.8) is 0 Å². The van der Waals surface area contributed by atoms with Gasteiger partial charge in [0.1, 0.15) is 5.76 Å². The quantitative estimate of drug-likeness (QED) is 0.581. The van der Waals surface area contributed by atoms with E-state index in [2.05, 4.69) is 10.6 Å². The summed E-state index contributed by atoms with van der Waals surface area (Å²) in [5, 5.41) is 7.10. The second-order valence-electron chi connectivity index (χ2n) is 7.13. The number of rotatable bonds is 4. The monoisotopic (exact) mass is 461 g/mol. The summed E-state index contributed by atoms with van der Waals surface area (Å²) in [5.41, 5.74) is 2.06. The molecule has 162 valence electrons. The predicted molar refractivity (Wildman–Crippen MR) is 120 cm³/mol. The van der Waals surface area contributed by atoms with E-state index in [4.69, 9.17) is 32.4 Å². The SMILES string of the molecule is Cc1oc2c(NC(=O)c3c(Cl)cccc3Cl)cccc2c1CNC(=O)N1CCOCC1. The van der Waals surface area contributed by atoms with Crippen molar-refractivity contribution in [1.29, 1.82) is 0 Å². The van der Waals surface area contributed by atoms with Gasteiger partial charge in [-0.05, 0) is 25.1 Å². The molecular formula is C22H21Cl2N3O4. The van der Waals surface area contributed by atoms with Crippen LogP contribution in [0.1, 0.15) is 21.7 Å². The third-order valence-corrected chi connectivity index (χ3v) is 5.80. The maximum Gasteiger partial charge on any atom is 0.317 e. The summed E-state index contributed by atoms with van der Waals surface area (Å²) in [7, 11) is 0. The fourth-order valence-electron chi connectivity index (χ4n) is 3.55. The molecule has 7 nitrogen and oxygen atoms in total. The molecule has 2 heterocycles. The maximum absolute atomic E-state index is 12.8. The van der Waals surface area contributed by atoms with E-state index in [1.807, 2.05) is 19.1 Å². The fraction of sp³-hybridized carbons (Fsp3) is 0.273. The van der Waals surface area contributed by atoms with Gasteiger partial charge in [-0.25, -0.2) is 4.79 Å². The van der Waals surface area contributed by atoms with E-state index in [9.17, 15) is 9.59 Å². The first-order valence-electron chi connectivity index (χ1n) is 9.82. The number of hydrogen-bond donors (Lipinski definition) is 2. The molecule has 1 saturated heterocycles. The average molecular weight is 462 g/mol. The van der Waals surface area contributed by atoms with Crippen molar-refractivity contribution in [3.05, 3.63) is 63.3 Å². The number of benzene rings is 2. The number of urea groups is 1. The number of fused-ring (bicyclic) bond motifs is 1. The van der Waals surface area contributed by atoms with Crippen molar-refractivity contribution in [3.8, 4) is 0 Å². The van der Waals surface area contributed by atoms with E-state index in [1.165, 1.54) is 0 Å². The number of nitrogens with zero attached hydrogens (tertiary/aromatic N) is 1. The van der Waals surface area contributed by atoms with E-state index in [-0.39, 0.29) is 21.6 Å². The summed E-state index contributed by atoms with van der Waals surface area (Å²) in [6.45, 7) is 4.35. The zero-order chi connectivity index (χ0) is 22.0. The molecule has 3 amide bonds. The molecule has 0 radical (unpaired) electrons. The molecule has 0 saturated carbocycles. The largest absolute Gasteiger partial charge is 0.459 e. The minimum atomic E-state index is -0.431. The summed E-state index contributed by atoms with van der Waals surface area (Å²) in [5.74, 6) is 0.231. The third kappa shape index (κ3) is 4.49. The smallest absolute Gasteiger partial charge is 0.317 e. The summed E-state index contributed by atoms with van der Waals surface area (Å²) >= 11 is 12.3. The van der Waals surface area contributed by atoms with Gasteiger partial charge in [0.2, 0.25) is 0 Å². The van der Waals surface area contributed by atoms with Gasteiger partial charge in [-0.15, -0.1) is 0 Å². The lowest BCUT2D eigenvalue weighted by molar-refractivity contribution is 0.0531. The van der Waals surface area contributed by atoms with Crippen LogP contribution in [0.3, 0.4) is 0 Å². The van der Waals surface area contributed by atoms with Gasteiger partial charge < -0.3 is 24.7 Å². The molecule has 2 aromatic carbocycles. The Bertz CT molecular complexity index is 1120. The number of halogens is 2. The number of hydrogen-bond acceptors (Lipinski definition) is 4. The molecule has 0 atom stereocenters. The zero-order valence-electron chi connectivity index (χ0n) is 16.8. The van der Waals surface area contributed by atoms with Crippen LogP contribution in [0.2, 0.25) is 10.0 Å². The van der Waals surface area contributed by atoms with Crippen LogP contribution in [0.15, 0.2) is 40.8 Å². The predicted octanol–water partition coefficient (Wildman–Crippen LogP) is 4.84. The van der Waals surface area contributed by atoms with Crippen molar-refractivity contribution in [2.45, 2.75) is 13.5 Å². The number of nitrogens with one attached hydrogen (secondary N) is 2. The Morgan fingerprint density at radius 3 is 2.45 bits per heavy atom. The van der Waals surface area contributed by atoms with Crippen LogP contribution in [-0.4, -0.2) is 43.1 Å². The molecule has 0 unspecified atom stereocenters. The number of amides is 3. The summed E-state index contributed by atoms with van der Waals surface area (Å²) in [6, 6.07) is 10.2. The highest BCUT2D eigenvalue weighted by Gasteiger charge is 2.21. The molecule has 1 aromatic heterocycles. The van der Waals surface area contributed by atoms with Crippen molar-refractivity contribution < 1.29 is 18.7 Å². The molecule has 3 aromatic rings. The van der Waals surface area contributed by atoms with Crippen LogP contribution in [0, 0.1) is 6.92 Å². The first-order chi connectivity index (χ1) is 15.0. The van der Waals surface area contributed by atoms with E-state index in [0.717, 1.165) is 10.9 Å². The number of ether oxygens (including phenoxy) is 1. The van der Waals surface area contributed by atoms with Crippen LogP contribution in [0.25, 0.3) is 11.0 Å². The van der Waals surface area contributed by atoms with Gasteiger partial charge >= 0.3 is 6.03 Å². The number of carbonyl (C=O) groups excluding carboxylic acids is 2. The van der Waals surface area contributed by atoms with Gasteiger partial charge in [-0.3, -0.25) is 4.79 Å². The van der Waals surface area contributed by atoms with Crippen molar-refractivity contribution in [1.82, 2.24) is 10.2 Å². The molecule has 31 heavy (non-hydrogen) atoms. The summed E-state index contributed by atoms with van der Waals surface area (Å²) in [4.78, 5) is 26.9. The number of anilines is 1. The molecule has 2 N–H and O–H groups in total. The molecule has 1 aliphatic rings. The highest BCUT2D eigenvalue weighted by Crippen LogP contribution is 2.32. The van der Waals surface area contributed by atoms with E-state index < -0.39 is 5.91 Å². The van der Waals surface area contributed by atoms with Crippen LogP contribution >= 0.6 is 23.2 Å². The first kappa shape index (κ1) is 21.5. The first-order valence-corrected chi connectivity index (χ1v) is 10.6. The second-order valence-corrected chi connectivity index (χ2v) is 7.94. The van der Waals surface area contributed by atoms with Crippen LogP contribution in [-0.2, 0) is 11.3 Å². The van der Waals surface area contributed by atoms with Gasteiger partial charge in [-0.1, -0.05) is 41.4 Å².